The van der Waals surface area contributed by atoms with Crippen molar-refractivity contribution < 1.29 is 9.66 Å². The van der Waals surface area contributed by atoms with Crippen molar-refractivity contribution >= 4 is 11.5 Å². The van der Waals surface area contributed by atoms with Gasteiger partial charge in [0.25, 0.3) is 0 Å². The molecular weight excluding hydrogens is 248 g/mol. The Balaban J connectivity index is 2.17. The van der Waals surface area contributed by atoms with E-state index in [4.69, 9.17) is 4.74 Å². The van der Waals surface area contributed by atoms with Crippen LogP contribution in [0.4, 0.5) is 11.5 Å². The highest BCUT2D eigenvalue weighted by molar-refractivity contribution is 5.56. The maximum atomic E-state index is 10.8. The summed E-state index contributed by atoms with van der Waals surface area (Å²) in [6, 6.07) is 6.85. The van der Waals surface area contributed by atoms with E-state index in [-0.39, 0.29) is 5.82 Å². The largest absolute Gasteiger partial charge is 0.481 e. The Morgan fingerprint density at radius 1 is 1.32 bits per heavy atom. The summed E-state index contributed by atoms with van der Waals surface area (Å²) in [6.45, 7) is 0.365. The molecule has 2 aromatic heterocycles. The number of hydrogen-bond donors (Lipinski definition) is 1. The highest BCUT2D eigenvalue weighted by Crippen LogP contribution is 2.22. The first-order chi connectivity index (χ1) is 9.22. The van der Waals surface area contributed by atoms with Gasteiger partial charge in [0.15, 0.2) is 0 Å². The molecule has 2 aromatic rings. The number of nitro groups is 1. The van der Waals surface area contributed by atoms with Gasteiger partial charge in [-0.1, -0.05) is 6.07 Å². The molecule has 0 radical (unpaired) electrons. The van der Waals surface area contributed by atoms with Gasteiger partial charge in [-0.15, -0.1) is 0 Å². The van der Waals surface area contributed by atoms with Crippen molar-refractivity contribution in [1.29, 1.82) is 0 Å². The number of methoxy groups -OCH3 is 1. The number of aromatic nitrogens is 2. The lowest BCUT2D eigenvalue weighted by Crippen LogP contribution is -2.05. The third kappa shape index (κ3) is 2.95. The summed E-state index contributed by atoms with van der Waals surface area (Å²) in [5.74, 6) is 0.284. The van der Waals surface area contributed by atoms with Gasteiger partial charge in [0.05, 0.1) is 7.11 Å². The van der Waals surface area contributed by atoms with Crippen molar-refractivity contribution in [1.82, 2.24) is 9.97 Å². The maximum absolute atomic E-state index is 10.8. The van der Waals surface area contributed by atoms with Crippen molar-refractivity contribution in [3.8, 4) is 5.88 Å². The Morgan fingerprint density at radius 3 is 2.79 bits per heavy atom. The topological polar surface area (TPSA) is 90.2 Å². The summed E-state index contributed by atoms with van der Waals surface area (Å²) >= 11 is 0. The Kier molecular flexibility index (Phi) is 3.87. The maximum Gasteiger partial charge on any atom is 0.386 e. The van der Waals surface area contributed by atoms with Gasteiger partial charge in [0, 0.05) is 18.3 Å². The predicted octanol–water partition coefficient (Wildman–Crippen LogP) is 2.01. The van der Waals surface area contributed by atoms with E-state index in [0.29, 0.717) is 18.1 Å². The highest BCUT2D eigenvalue weighted by Gasteiger charge is 2.14. The second-order valence-corrected chi connectivity index (χ2v) is 3.66. The zero-order valence-corrected chi connectivity index (χ0v) is 10.2. The third-order valence-electron chi connectivity index (χ3n) is 2.47. The van der Waals surface area contributed by atoms with E-state index in [1.807, 2.05) is 6.07 Å². The number of ether oxygens (including phenoxy) is 1. The van der Waals surface area contributed by atoms with Crippen molar-refractivity contribution in [3.63, 3.8) is 0 Å². The van der Waals surface area contributed by atoms with Crippen LogP contribution in [-0.4, -0.2) is 22.0 Å². The lowest BCUT2D eigenvalue weighted by atomic mass is 10.2. The predicted molar refractivity (Wildman–Crippen MR) is 69.0 cm³/mol. The van der Waals surface area contributed by atoms with E-state index in [2.05, 4.69) is 15.3 Å². The van der Waals surface area contributed by atoms with E-state index in [9.17, 15) is 10.1 Å². The zero-order chi connectivity index (χ0) is 13.7. The molecule has 0 spiro atoms. The molecule has 0 bridgehead atoms. The smallest absolute Gasteiger partial charge is 0.386 e. The molecule has 0 aromatic carbocycles. The van der Waals surface area contributed by atoms with E-state index < -0.39 is 4.92 Å². The van der Waals surface area contributed by atoms with Crippen molar-refractivity contribution in [3.05, 3.63) is 52.3 Å². The molecule has 0 aliphatic rings. The quantitative estimate of drug-likeness (QED) is 0.653. The van der Waals surface area contributed by atoms with Crippen LogP contribution in [0.5, 0.6) is 5.88 Å². The lowest BCUT2D eigenvalue weighted by molar-refractivity contribution is -0.388. The van der Waals surface area contributed by atoms with Crippen LogP contribution in [0.2, 0.25) is 0 Å². The molecule has 98 valence electrons. The average molecular weight is 260 g/mol. The van der Waals surface area contributed by atoms with Gasteiger partial charge >= 0.3 is 5.82 Å². The van der Waals surface area contributed by atoms with E-state index >= 15 is 0 Å². The molecule has 0 aliphatic heterocycles. The number of nitrogens with one attached hydrogen (secondary N) is 1. The summed E-state index contributed by atoms with van der Waals surface area (Å²) < 4.78 is 5.11. The summed E-state index contributed by atoms with van der Waals surface area (Å²) in [4.78, 5) is 18.1. The van der Waals surface area contributed by atoms with Crippen LogP contribution >= 0.6 is 0 Å². The summed E-state index contributed by atoms with van der Waals surface area (Å²) in [5, 5.41) is 13.8. The van der Waals surface area contributed by atoms with Gasteiger partial charge in [-0.25, -0.2) is 4.98 Å². The van der Waals surface area contributed by atoms with Crippen molar-refractivity contribution in [2.45, 2.75) is 6.54 Å². The van der Waals surface area contributed by atoms with Gasteiger partial charge in [0.1, 0.15) is 11.9 Å². The fraction of sp³-hybridized carbons (Fsp3) is 0.167. The normalized spacial score (nSPS) is 9.95. The van der Waals surface area contributed by atoms with Crippen LogP contribution < -0.4 is 10.1 Å². The van der Waals surface area contributed by atoms with Crippen molar-refractivity contribution in [2.24, 2.45) is 0 Å². The molecule has 0 amide bonds. The zero-order valence-electron chi connectivity index (χ0n) is 10.2. The molecule has 7 heteroatoms. The molecule has 0 aliphatic carbocycles. The first-order valence-corrected chi connectivity index (χ1v) is 5.53. The van der Waals surface area contributed by atoms with E-state index in [0.717, 1.165) is 5.56 Å². The average Bonchev–Trinajstić information content (AvgIpc) is 2.45. The Hall–Kier alpha value is -2.70. The summed E-state index contributed by atoms with van der Waals surface area (Å²) in [5.41, 5.74) is 1.17. The first-order valence-electron chi connectivity index (χ1n) is 5.53. The third-order valence-corrected chi connectivity index (χ3v) is 2.47. The van der Waals surface area contributed by atoms with Crippen LogP contribution in [0, 0.1) is 10.1 Å². The fourth-order valence-electron chi connectivity index (χ4n) is 1.61. The van der Waals surface area contributed by atoms with Crippen molar-refractivity contribution in [2.75, 3.05) is 12.4 Å². The molecule has 19 heavy (non-hydrogen) atoms. The molecule has 0 unspecified atom stereocenters. The van der Waals surface area contributed by atoms with Gasteiger partial charge in [0.2, 0.25) is 5.88 Å². The molecular formula is C12H12N4O3. The van der Waals surface area contributed by atoms with Crippen LogP contribution in [0.25, 0.3) is 0 Å². The number of hydrogen-bond acceptors (Lipinski definition) is 6. The van der Waals surface area contributed by atoms with Gasteiger partial charge < -0.3 is 20.2 Å². The summed E-state index contributed by atoms with van der Waals surface area (Å²) in [7, 11) is 1.53. The monoisotopic (exact) mass is 260 g/mol. The minimum atomic E-state index is -0.525. The van der Waals surface area contributed by atoms with Gasteiger partial charge in [-0.3, -0.25) is 0 Å². The SMILES string of the molecule is COc1ncccc1CNc1cccnc1[N+](=O)[O-]. The fourth-order valence-corrected chi connectivity index (χ4v) is 1.61. The molecule has 2 rings (SSSR count). The molecule has 0 fully saturated rings. The van der Waals surface area contributed by atoms with Gasteiger partial charge in [-0.2, -0.15) is 0 Å². The number of nitrogens with zero attached hydrogens (tertiary/aromatic N) is 3. The molecule has 0 saturated carbocycles. The first kappa shape index (κ1) is 12.7. The Morgan fingerprint density at radius 2 is 2.05 bits per heavy atom. The molecule has 0 atom stereocenters. The van der Waals surface area contributed by atoms with E-state index in [1.54, 1.807) is 24.4 Å². The number of pyridine rings is 2. The highest BCUT2D eigenvalue weighted by atomic mass is 16.6. The Bertz CT molecular complexity index is 589. The lowest BCUT2D eigenvalue weighted by Gasteiger charge is -2.09. The molecule has 1 N–H and O–H groups in total. The standard InChI is InChI=1S/C12H12N4O3/c1-19-12-9(4-2-7-14-12)8-15-10-5-3-6-13-11(10)16(17)18/h2-7,15H,8H2,1H3. The number of anilines is 1. The summed E-state index contributed by atoms with van der Waals surface area (Å²) in [6.07, 6.45) is 3.00. The molecule has 2 heterocycles. The van der Waals surface area contributed by atoms with Gasteiger partial charge in [-0.05, 0) is 28.1 Å². The minimum absolute atomic E-state index is 0.203. The second kappa shape index (κ2) is 5.76. The second-order valence-electron chi connectivity index (χ2n) is 3.66. The Labute approximate surface area is 109 Å². The minimum Gasteiger partial charge on any atom is -0.481 e. The van der Waals surface area contributed by atoms with Crippen LogP contribution in [-0.2, 0) is 6.54 Å². The van der Waals surface area contributed by atoms with E-state index in [1.165, 1.54) is 13.3 Å². The number of rotatable bonds is 5. The molecule has 7 nitrogen and oxygen atoms in total. The van der Waals surface area contributed by atoms with Crippen LogP contribution in [0.1, 0.15) is 5.56 Å². The molecule has 0 saturated heterocycles. The van der Waals surface area contributed by atoms with Crippen LogP contribution in [0.15, 0.2) is 36.7 Å². The van der Waals surface area contributed by atoms with Crippen LogP contribution in [0.3, 0.4) is 0 Å².